The monoisotopic (exact) mass is 245 g/mol. The first-order chi connectivity index (χ1) is 7.68. The predicted molar refractivity (Wildman–Crippen MR) is 58.6 cm³/mol. The number of nitrogens with zero attached hydrogens (tertiary/aromatic N) is 2. The van der Waals surface area contributed by atoms with Gasteiger partial charge < -0.3 is 10.1 Å². The van der Waals surface area contributed by atoms with Gasteiger partial charge in [0.15, 0.2) is 0 Å². The average Bonchev–Trinajstić information content (AvgIpc) is 2.28. The minimum absolute atomic E-state index is 0.322. The van der Waals surface area contributed by atoms with Gasteiger partial charge >= 0.3 is 0 Å². The zero-order valence-electron chi connectivity index (χ0n) is 8.91. The zero-order chi connectivity index (χ0) is 11.5. The van der Waals surface area contributed by atoms with Gasteiger partial charge in [-0.2, -0.15) is 0 Å². The SMILES string of the molecule is Cc1c(Cl)ncnc1OC1CCNC[C@H]1F. The second kappa shape index (κ2) is 4.93. The molecule has 0 radical (unpaired) electrons. The lowest BCUT2D eigenvalue weighted by Gasteiger charge is -2.27. The molecule has 2 rings (SSSR count). The molecule has 4 nitrogen and oxygen atoms in total. The van der Waals surface area contributed by atoms with Crippen molar-refractivity contribution >= 4 is 11.6 Å². The van der Waals surface area contributed by atoms with Gasteiger partial charge in [-0.25, -0.2) is 14.4 Å². The molecular formula is C10H13ClFN3O. The van der Waals surface area contributed by atoms with Gasteiger partial charge in [-0.1, -0.05) is 11.6 Å². The highest BCUT2D eigenvalue weighted by molar-refractivity contribution is 6.30. The van der Waals surface area contributed by atoms with Gasteiger partial charge in [-0.15, -0.1) is 0 Å². The molecule has 0 aromatic carbocycles. The van der Waals surface area contributed by atoms with Crippen molar-refractivity contribution in [2.45, 2.75) is 25.6 Å². The summed E-state index contributed by atoms with van der Waals surface area (Å²) >= 11 is 5.83. The van der Waals surface area contributed by atoms with Gasteiger partial charge in [0.1, 0.15) is 23.8 Å². The molecule has 0 bridgehead atoms. The molecule has 1 fully saturated rings. The van der Waals surface area contributed by atoms with E-state index in [-0.39, 0.29) is 0 Å². The molecule has 1 unspecified atom stereocenters. The van der Waals surface area contributed by atoms with Crippen molar-refractivity contribution in [3.05, 3.63) is 17.0 Å². The highest BCUT2D eigenvalue weighted by atomic mass is 35.5. The van der Waals surface area contributed by atoms with Crippen molar-refractivity contribution in [1.29, 1.82) is 0 Å². The van der Waals surface area contributed by atoms with E-state index in [0.29, 0.717) is 29.6 Å². The summed E-state index contributed by atoms with van der Waals surface area (Å²) in [7, 11) is 0. The summed E-state index contributed by atoms with van der Waals surface area (Å²) in [5.74, 6) is 0.370. The molecule has 0 spiro atoms. The van der Waals surface area contributed by atoms with Crippen molar-refractivity contribution in [1.82, 2.24) is 15.3 Å². The molecular weight excluding hydrogens is 233 g/mol. The number of alkyl halides is 1. The van der Waals surface area contributed by atoms with Crippen molar-refractivity contribution in [2.24, 2.45) is 0 Å². The number of aromatic nitrogens is 2. The molecule has 1 aromatic rings. The molecule has 1 N–H and O–H groups in total. The third-order valence-electron chi connectivity index (χ3n) is 2.59. The fraction of sp³-hybridized carbons (Fsp3) is 0.600. The molecule has 2 atom stereocenters. The Morgan fingerprint density at radius 1 is 1.56 bits per heavy atom. The van der Waals surface area contributed by atoms with Crippen molar-refractivity contribution < 1.29 is 9.13 Å². The molecule has 0 saturated carbocycles. The normalized spacial score (nSPS) is 25.4. The van der Waals surface area contributed by atoms with Crippen LogP contribution in [0.2, 0.25) is 5.15 Å². The van der Waals surface area contributed by atoms with Crippen LogP contribution in [0.4, 0.5) is 4.39 Å². The maximum Gasteiger partial charge on any atom is 0.221 e. The number of hydrogen-bond donors (Lipinski definition) is 1. The smallest absolute Gasteiger partial charge is 0.221 e. The number of rotatable bonds is 2. The van der Waals surface area contributed by atoms with Crippen LogP contribution in [0.3, 0.4) is 0 Å². The Morgan fingerprint density at radius 2 is 2.38 bits per heavy atom. The van der Waals surface area contributed by atoms with Gasteiger partial charge in [-0.05, 0) is 19.9 Å². The lowest BCUT2D eigenvalue weighted by atomic mass is 10.1. The molecule has 2 heterocycles. The average molecular weight is 246 g/mol. The van der Waals surface area contributed by atoms with Crippen LogP contribution in [-0.2, 0) is 0 Å². The summed E-state index contributed by atoms with van der Waals surface area (Å²) in [5, 5.41) is 3.30. The number of ether oxygens (including phenoxy) is 1. The van der Waals surface area contributed by atoms with E-state index in [0.717, 1.165) is 6.54 Å². The topological polar surface area (TPSA) is 47.0 Å². The molecule has 1 aliphatic heterocycles. The van der Waals surface area contributed by atoms with E-state index >= 15 is 0 Å². The molecule has 6 heteroatoms. The molecule has 0 aliphatic carbocycles. The molecule has 1 aliphatic rings. The first-order valence-corrected chi connectivity index (χ1v) is 5.55. The van der Waals surface area contributed by atoms with E-state index in [9.17, 15) is 4.39 Å². The van der Waals surface area contributed by atoms with Crippen LogP contribution in [0.15, 0.2) is 6.33 Å². The maximum absolute atomic E-state index is 13.5. The van der Waals surface area contributed by atoms with Crippen LogP contribution in [0.25, 0.3) is 0 Å². The van der Waals surface area contributed by atoms with Crippen LogP contribution < -0.4 is 10.1 Å². The van der Waals surface area contributed by atoms with Gasteiger partial charge in [0.25, 0.3) is 0 Å². The summed E-state index contributed by atoms with van der Waals surface area (Å²) in [6.07, 6.45) is 0.481. The first-order valence-electron chi connectivity index (χ1n) is 5.17. The van der Waals surface area contributed by atoms with Gasteiger partial charge in [-0.3, -0.25) is 0 Å². The van der Waals surface area contributed by atoms with Crippen LogP contribution in [-0.4, -0.2) is 35.3 Å². The van der Waals surface area contributed by atoms with Crippen LogP contribution in [0, 0.1) is 6.92 Å². The van der Waals surface area contributed by atoms with Crippen LogP contribution in [0.5, 0.6) is 5.88 Å². The van der Waals surface area contributed by atoms with Gasteiger partial charge in [0.05, 0.1) is 0 Å². The highest BCUT2D eigenvalue weighted by Gasteiger charge is 2.27. The standard InChI is InChI=1S/C10H13ClFN3O/c1-6-9(11)14-5-15-10(6)16-8-2-3-13-4-7(8)12/h5,7-8,13H,2-4H2,1H3/t7-,8?/m1/s1. The Bertz CT molecular complexity index is 377. The summed E-state index contributed by atoms with van der Waals surface area (Å²) in [5.41, 5.74) is 0.648. The Morgan fingerprint density at radius 3 is 3.12 bits per heavy atom. The van der Waals surface area contributed by atoms with E-state index in [2.05, 4.69) is 15.3 Å². The minimum atomic E-state index is -1.01. The second-order valence-corrected chi connectivity index (χ2v) is 4.12. The predicted octanol–water partition coefficient (Wildman–Crippen LogP) is 1.52. The fourth-order valence-electron chi connectivity index (χ4n) is 1.61. The van der Waals surface area contributed by atoms with Crippen LogP contribution >= 0.6 is 11.6 Å². The van der Waals surface area contributed by atoms with Crippen molar-refractivity contribution in [3.8, 4) is 5.88 Å². The number of hydrogen-bond acceptors (Lipinski definition) is 4. The fourth-order valence-corrected chi connectivity index (χ4v) is 1.73. The molecule has 1 saturated heterocycles. The van der Waals surface area contributed by atoms with Crippen molar-refractivity contribution in [3.63, 3.8) is 0 Å². The van der Waals surface area contributed by atoms with E-state index in [1.54, 1.807) is 6.92 Å². The number of piperidine rings is 1. The lowest BCUT2D eigenvalue weighted by Crippen LogP contribution is -2.44. The number of halogens is 2. The third-order valence-corrected chi connectivity index (χ3v) is 2.97. The van der Waals surface area contributed by atoms with Crippen molar-refractivity contribution in [2.75, 3.05) is 13.1 Å². The first kappa shape index (κ1) is 11.5. The van der Waals surface area contributed by atoms with E-state index < -0.39 is 12.3 Å². The third kappa shape index (κ3) is 2.41. The van der Waals surface area contributed by atoms with E-state index in [4.69, 9.17) is 16.3 Å². The maximum atomic E-state index is 13.5. The minimum Gasteiger partial charge on any atom is -0.471 e. The molecule has 88 valence electrons. The Labute approximate surface area is 98.2 Å². The summed E-state index contributed by atoms with van der Waals surface area (Å²) in [6, 6.07) is 0. The Kier molecular flexibility index (Phi) is 3.56. The zero-order valence-corrected chi connectivity index (χ0v) is 9.67. The van der Waals surface area contributed by atoms with Gasteiger partial charge in [0.2, 0.25) is 5.88 Å². The summed E-state index contributed by atoms with van der Waals surface area (Å²) in [4.78, 5) is 7.78. The lowest BCUT2D eigenvalue weighted by molar-refractivity contribution is 0.0686. The molecule has 0 amide bonds. The van der Waals surface area contributed by atoms with Gasteiger partial charge in [0, 0.05) is 12.1 Å². The highest BCUT2D eigenvalue weighted by Crippen LogP contribution is 2.23. The largest absolute Gasteiger partial charge is 0.471 e. The Balaban J connectivity index is 2.10. The molecule has 16 heavy (non-hydrogen) atoms. The summed E-state index contributed by atoms with van der Waals surface area (Å²) in [6.45, 7) is 2.83. The number of nitrogens with one attached hydrogen (secondary N) is 1. The second-order valence-electron chi connectivity index (χ2n) is 3.76. The van der Waals surface area contributed by atoms with E-state index in [1.165, 1.54) is 6.33 Å². The molecule has 1 aromatic heterocycles. The van der Waals surface area contributed by atoms with E-state index in [1.807, 2.05) is 0 Å². The summed E-state index contributed by atoms with van der Waals surface area (Å²) < 4.78 is 19.0. The quantitative estimate of drug-likeness (QED) is 0.803. The Hall–Kier alpha value is -0.940. The van der Waals surface area contributed by atoms with Crippen LogP contribution in [0.1, 0.15) is 12.0 Å².